The van der Waals surface area contributed by atoms with E-state index in [0.717, 1.165) is 6.54 Å². The molecule has 0 aromatic rings. The lowest BCUT2D eigenvalue weighted by Gasteiger charge is -2.35. The van der Waals surface area contributed by atoms with Crippen molar-refractivity contribution < 1.29 is 9.59 Å². The van der Waals surface area contributed by atoms with Crippen molar-refractivity contribution >= 4 is 23.6 Å². The number of thioether (sulfide) groups is 1. The van der Waals surface area contributed by atoms with E-state index in [4.69, 9.17) is 0 Å². The summed E-state index contributed by atoms with van der Waals surface area (Å²) in [5.74, 6) is 1.34. The van der Waals surface area contributed by atoms with Gasteiger partial charge in [0.15, 0.2) is 0 Å². The van der Waals surface area contributed by atoms with Gasteiger partial charge in [-0.15, -0.1) is 0 Å². The highest BCUT2D eigenvalue weighted by atomic mass is 32.2. The van der Waals surface area contributed by atoms with Gasteiger partial charge in [-0.05, 0) is 31.4 Å². The highest BCUT2D eigenvalue weighted by molar-refractivity contribution is 7.99. The second-order valence-electron chi connectivity index (χ2n) is 5.83. The molecule has 0 aromatic heterocycles. The number of carbonyl (C=O) groups excluding carboxylic acids is 2. The van der Waals surface area contributed by atoms with Crippen LogP contribution in [0.5, 0.6) is 0 Å². The first kappa shape index (κ1) is 15.7. The Hall–Kier alpha value is -0.710. The van der Waals surface area contributed by atoms with Crippen LogP contribution in [0, 0.1) is 0 Å². The molecule has 2 saturated heterocycles. The van der Waals surface area contributed by atoms with Crippen LogP contribution < -0.4 is 5.32 Å². The van der Waals surface area contributed by atoms with E-state index in [-0.39, 0.29) is 11.8 Å². The van der Waals surface area contributed by atoms with Crippen LogP contribution in [0.4, 0.5) is 0 Å². The van der Waals surface area contributed by atoms with Crippen molar-refractivity contribution in [2.24, 2.45) is 0 Å². The Bertz CT molecular complexity index is 363. The number of amides is 2. The smallest absolute Gasteiger partial charge is 0.248 e. The number of nitrogens with one attached hydrogen (secondary N) is 1. The predicted octanol–water partition coefficient (Wildman–Crippen LogP) is 2.18. The first-order chi connectivity index (χ1) is 9.61. The van der Waals surface area contributed by atoms with Crippen molar-refractivity contribution in [3.8, 4) is 0 Å². The minimum absolute atomic E-state index is 0.0147. The first-order valence-electron chi connectivity index (χ1n) is 7.83. The maximum Gasteiger partial charge on any atom is 0.248 e. The van der Waals surface area contributed by atoms with Crippen molar-refractivity contribution in [3.63, 3.8) is 0 Å². The van der Waals surface area contributed by atoms with E-state index < -0.39 is 5.54 Å². The van der Waals surface area contributed by atoms with Gasteiger partial charge < -0.3 is 10.2 Å². The summed E-state index contributed by atoms with van der Waals surface area (Å²) in [6, 6.07) is 0. The quantitative estimate of drug-likeness (QED) is 0.865. The van der Waals surface area contributed by atoms with E-state index in [1.165, 1.54) is 25.0 Å². The van der Waals surface area contributed by atoms with Crippen LogP contribution in [0.25, 0.3) is 0 Å². The Morgan fingerprint density at radius 1 is 1.30 bits per heavy atom. The summed E-state index contributed by atoms with van der Waals surface area (Å²) in [5, 5.41) is 3.52. The Morgan fingerprint density at radius 2 is 2.05 bits per heavy atom. The van der Waals surface area contributed by atoms with Crippen molar-refractivity contribution in [1.82, 2.24) is 10.2 Å². The van der Waals surface area contributed by atoms with Crippen molar-refractivity contribution in [1.29, 1.82) is 0 Å². The van der Waals surface area contributed by atoms with Gasteiger partial charge in [0, 0.05) is 24.8 Å². The predicted molar refractivity (Wildman–Crippen MR) is 82.7 cm³/mol. The van der Waals surface area contributed by atoms with Crippen LogP contribution in [-0.4, -0.2) is 46.3 Å². The van der Waals surface area contributed by atoms with Gasteiger partial charge in [-0.3, -0.25) is 9.59 Å². The van der Waals surface area contributed by atoms with E-state index in [9.17, 15) is 9.59 Å². The fourth-order valence-corrected chi connectivity index (χ4v) is 4.45. The third-order valence-electron chi connectivity index (χ3n) is 4.59. The van der Waals surface area contributed by atoms with Gasteiger partial charge in [0.05, 0.1) is 0 Å². The minimum atomic E-state index is -0.674. The average molecular weight is 298 g/mol. The molecule has 20 heavy (non-hydrogen) atoms. The molecule has 0 bridgehead atoms. The summed E-state index contributed by atoms with van der Waals surface area (Å²) in [5.41, 5.74) is -0.674. The minimum Gasteiger partial charge on any atom is -0.342 e. The molecule has 5 heteroatoms. The van der Waals surface area contributed by atoms with Crippen LogP contribution in [0.2, 0.25) is 0 Å². The molecule has 1 unspecified atom stereocenters. The Labute approximate surface area is 126 Å². The van der Waals surface area contributed by atoms with Crippen molar-refractivity contribution in [3.05, 3.63) is 0 Å². The van der Waals surface area contributed by atoms with Gasteiger partial charge in [-0.1, -0.05) is 20.3 Å². The molecule has 2 amide bonds. The second-order valence-corrected chi connectivity index (χ2v) is 7.24. The van der Waals surface area contributed by atoms with E-state index >= 15 is 0 Å². The first-order valence-corrected chi connectivity index (χ1v) is 8.88. The second kappa shape index (κ2) is 6.83. The standard InChI is InChI=1S/C15H26N2O2S/c1-3-15(4-2)14(19)17(9-8-13(18)16-15)11-12-7-5-6-10-20-12/h12H,3-11H2,1-2H3,(H,16,18). The maximum atomic E-state index is 12.9. The fraction of sp³-hybridized carbons (Fsp3) is 0.867. The van der Waals surface area contributed by atoms with Gasteiger partial charge in [0.1, 0.15) is 5.54 Å². The Kier molecular flexibility index (Phi) is 5.35. The van der Waals surface area contributed by atoms with Crippen molar-refractivity contribution in [2.75, 3.05) is 18.8 Å². The van der Waals surface area contributed by atoms with Crippen LogP contribution >= 0.6 is 11.8 Å². The summed E-state index contributed by atoms with van der Waals surface area (Å²) >= 11 is 1.98. The number of hydrogen-bond donors (Lipinski definition) is 1. The molecule has 1 atom stereocenters. The molecule has 4 nitrogen and oxygen atoms in total. The van der Waals surface area contributed by atoms with Gasteiger partial charge in [-0.25, -0.2) is 0 Å². The molecular formula is C15H26N2O2S. The maximum absolute atomic E-state index is 12.9. The van der Waals surface area contributed by atoms with Gasteiger partial charge in [0.25, 0.3) is 0 Å². The molecule has 2 fully saturated rings. The molecule has 0 aliphatic carbocycles. The average Bonchev–Trinajstić information content (AvgIpc) is 2.60. The molecule has 114 valence electrons. The normalized spacial score (nSPS) is 27.1. The topological polar surface area (TPSA) is 49.4 Å². The molecule has 2 aliphatic heterocycles. The highest BCUT2D eigenvalue weighted by Crippen LogP contribution is 2.28. The van der Waals surface area contributed by atoms with E-state index in [0.29, 0.717) is 31.1 Å². The van der Waals surface area contributed by atoms with E-state index in [2.05, 4.69) is 5.32 Å². The van der Waals surface area contributed by atoms with Gasteiger partial charge in [-0.2, -0.15) is 11.8 Å². The molecule has 0 spiro atoms. The third-order valence-corrected chi connectivity index (χ3v) is 5.97. The molecular weight excluding hydrogens is 272 g/mol. The number of rotatable bonds is 4. The summed E-state index contributed by atoms with van der Waals surface area (Å²) in [6.07, 6.45) is 5.53. The van der Waals surface area contributed by atoms with Gasteiger partial charge in [0.2, 0.25) is 11.8 Å². The summed E-state index contributed by atoms with van der Waals surface area (Å²) < 4.78 is 0. The van der Waals surface area contributed by atoms with Crippen LogP contribution in [-0.2, 0) is 9.59 Å². The zero-order valence-corrected chi connectivity index (χ0v) is 13.4. The third kappa shape index (κ3) is 3.30. The molecule has 0 radical (unpaired) electrons. The van der Waals surface area contributed by atoms with Crippen molar-refractivity contribution in [2.45, 2.75) is 63.2 Å². The fourth-order valence-electron chi connectivity index (χ4n) is 3.12. The number of hydrogen-bond acceptors (Lipinski definition) is 3. The van der Waals surface area contributed by atoms with Gasteiger partial charge >= 0.3 is 0 Å². The summed E-state index contributed by atoms with van der Waals surface area (Å²) in [6.45, 7) is 5.35. The Balaban J connectivity index is 2.10. The van der Waals surface area contributed by atoms with E-state index in [1.807, 2.05) is 30.5 Å². The lowest BCUT2D eigenvalue weighted by Crippen LogP contribution is -2.57. The Morgan fingerprint density at radius 3 is 2.65 bits per heavy atom. The lowest BCUT2D eigenvalue weighted by molar-refractivity contribution is -0.139. The van der Waals surface area contributed by atoms with Crippen LogP contribution in [0.1, 0.15) is 52.4 Å². The van der Waals surface area contributed by atoms with Crippen LogP contribution in [0.3, 0.4) is 0 Å². The number of carbonyl (C=O) groups is 2. The SMILES string of the molecule is CCC1(CC)NC(=O)CCN(CC2CCCCS2)C1=O. The monoisotopic (exact) mass is 298 g/mol. The molecule has 0 aromatic carbocycles. The summed E-state index contributed by atoms with van der Waals surface area (Å²) in [7, 11) is 0. The lowest BCUT2D eigenvalue weighted by atomic mass is 9.91. The largest absolute Gasteiger partial charge is 0.342 e. The van der Waals surface area contributed by atoms with Crippen LogP contribution in [0.15, 0.2) is 0 Å². The molecule has 2 aliphatic rings. The molecule has 2 rings (SSSR count). The van der Waals surface area contributed by atoms with E-state index in [1.54, 1.807) is 0 Å². The number of nitrogens with zero attached hydrogens (tertiary/aromatic N) is 1. The zero-order valence-electron chi connectivity index (χ0n) is 12.6. The zero-order chi connectivity index (χ0) is 14.6. The highest BCUT2D eigenvalue weighted by Gasteiger charge is 2.42. The molecule has 0 saturated carbocycles. The summed E-state index contributed by atoms with van der Waals surface area (Å²) in [4.78, 5) is 26.7. The molecule has 1 N–H and O–H groups in total. The molecule has 2 heterocycles.